The fraction of sp³-hybridized carbons (Fsp3) is 0.333. The van der Waals surface area contributed by atoms with Gasteiger partial charge in [0, 0.05) is 12.8 Å². The molecule has 0 aliphatic carbocycles. The maximum absolute atomic E-state index is 12.2. The maximum atomic E-state index is 12.2. The van der Waals surface area contributed by atoms with Gasteiger partial charge >= 0.3 is 0 Å². The predicted molar refractivity (Wildman–Crippen MR) is 115 cm³/mol. The largest absolute Gasteiger partial charge is 0.293 e. The van der Waals surface area contributed by atoms with Gasteiger partial charge in [0.15, 0.2) is 5.78 Å². The third-order valence-electron chi connectivity index (χ3n) is 4.75. The van der Waals surface area contributed by atoms with Gasteiger partial charge in [0.2, 0.25) is 0 Å². The summed E-state index contributed by atoms with van der Waals surface area (Å²) in [6.45, 7) is 8.27. The third-order valence-corrected chi connectivity index (χ3v) is 5.96. The van der Waals surface area contributed by atoms with Crippen LogP contribution in [-0.4, -0.2) is 10.8 Å². The Hall–Kier alpha value is -2.26. The van der Waals surface area contributed by atoms with E-state index in [1.165, 1.54) is 11.1 Å². The quantitative estimate of drug-likeness (QED) is 0.426. The Morgan fingerprint density at radius 3 is 2.26 bits per heavy atom. The predicted octanol–water partition coefficient (Wildman–Crippen LogP) is 6.75. The maximum Gasteiger partial charge on any atom is 0.179 e. The van der Waals surface area contributed by atoms with Crippen molar-refractivity contribution in [1.29, 1.82) is 0 Å². The molecule has 0 N–H and O–H groups in total. The van der Waals surface area contributed by atoms with Gasteiger partial charge in [0.05, 0.1) is 4.88 Å². The first kappa shape index (κ1) is 19.5. The average Bonchev–Trinajstić information content (AvgIpc) is 3.09. The standard InChI is InChI=1S/C24H27NOS/c1-5-21(19-13-11-18(12-14-19)15-16(2)3)24-25-22(17(4)26)23(27-24)20-9-7-6-8-10-20/h6-14,16,21H,5,15H2,1-4H3. The first-order valence-electron chi connectivity index (χ1n) is 9.65. The Balaban J connectivity index is 1.97. The Bertz CT molecular complexity index is 894. The number of nitrogens with zero attached hydrogens (tertiary/aromatic N) is 1. The molecule has 3 rings (SSSR count). The number of Topliss-reactive ketones (excluding diaryl/α,β-unsaturated/α-hetero) is 1. The van der Waals surface area contributed by atoms with E-state index in [9.17, 15) is 4.79 Å². The second-order valence-corrected chi connectivity index (χ2v) is 8.48. The second kappa shape index (κ2) is 8.62. The summed E-state index contributed by atoms with van der Waals surface area (Å²) >= 11 is 1.65. The van der Waals surface area contributed by atoms with Gasteiger partial charge in [0.25, 0.3) is 0 Å². The summed E-state index contributed by atoms with van der Waals surface area (Å²) in [5, 5.41) is 1.03. The monoisotopic (exact) mass is 377 g/mol. The minimum Gasteiger partial charge on any atom is -0.293 e. The van der Waals surface area contributed by atoms with Crippen LogP contribution in [0.1, 0.15) is 66.7 Å². The van der Waals surface area contributed by atoms with Gasteiger partial charge in [-0.25, -0.2) is 4.98 Å². The van der Waals surface area contributed by atoms with Crippen LogP contribution < -0.4 is 0 Å². The highest BCUT2D eigenvalue weighted by Gasteiger charge is 2.22. The summed E-state index contributed by atoms with van der Waals surface area (Å²) in [5.74, 6) is 0.903. The molecule has 2 nitrogen and oxygen atoms in total. The highest BCUT2D eigenvalue weighted by molar-refractivity contribution is 7.15. The van der Waals surface area contributed by atoms with Gasteiger partial charge in [-0.05, 0) is 35.4 Å². The summed E-state index contributed by atoms with van der Waals surface area (Å²) in [7, 11) is 0. The van der Waals surface area contributed by atoms with Crippen LogP contribution in [0, 0.1) is 5.92 Å². The lowest BCUT2D eigenvalue weighted by Gasteiger charge is -2.14. The zero-order valence-electron chi connectivity index (χ0n) is 16.5. The van der Waals surface area contributed by atoms with Crippen molar-refractivity contribution in [2.24, 2.45) is 5.92 Å². The van der Waals surface area contributed by atoms with Crippen molar-refractivity contribution in [1.82, 2.24) is 4.98 Å². The molecule has 0 fully saturated rings. The summed E-state index contributed by atoms with van der Waals surface area (Å²) in [6.07, 6.45) is 2.06. The van der Waals surface area contributed by atoms with Crippen molar-refractivity contribution in [3.63, 3.8) is 0 Å². The molecule has 27 heavy (non-hydrogen) atoms. The van der Waals surface area contributed by atoms with Gasteiger partial charge in [-0.15, -0.1) is 11.3 Å². The van der Waals surface area contributed by atoms with Crippen molar-refractivity contribution < 1.29 is 4.79 Å². The molecular weight excluding hydrogens is 350 g/mol. The number of rotatable bonds is 7. The molecule has 0 amide bonds. The summed E-state index contributed by atoms with van der Waals surface area (Å²) in [4.78, 5) is 17.9. The number of benzene rings is 2. The zero-order valence-corrected chi connectivity index (χ0v) is 17.3. The average molecular weight is 378 g/mol. The lowest BCUT2D eigenvalue weighted by Crippen LogP contribution is -2.02. The molecular formula is C24H27NOS. The van der Waals surface area contributed by atoms with Crippen LogP contribution >= 0.6 is 11.3 Å². The lowest BCUT2D eigenvalue weighted by atomic mass is 9.94. The number of ketones is 1. The van der Waals surface area contributed by atoms with E-state index in [0.29, 0.717) is 11.6 Å². The van der Waals surface area contributed by atoms with Gasteiger partial charge in [-0.3, -0.25) is 4.79 Å². The summed E-state index contributed by atoms with van der Waals surface area (Å²) in [5.41, 5.74) is 4.30. The molecule has 2 aromatic carbocycles. The minimum atomic E-state index is 0.0264. The van der Waals surface area contributed by atoms with E-state index < -0.39 is 0 Å². The molecule has 140 valence electrons. The number of carbonyl (C=O) groups excluding carboxylic acids is 1. The molecule has 0 saturated heterocycles. The van der Waals surface area contributed by atoms with Crippen molar-refractivity contribution in [3.8, 4) is 10.4 Å². The number of thiazole rings is 1. The first-order chi connectivity index (χ1) is 13.0. The smallest absolute Gasteiger partial charge is 0.179 e. The van der Waals surface area contributed by atoms with E-state index in [-0.39, 0.29) is 11.7 Å². The topological polar surface area (TPSA) is 30.0 Å². The van der Waals surface area contributed by atoms with Crippen LogP contribution in [0.2, 0.25) is 0 Å². The number of aromatic nitrogens is 1. The van der Waals surface area contributed by atoms with Crippen LogP contribution in [0.15, 0.2) is 54.6 Å². The van der Waals surface area contributed by atoms with Gasteiger partial charge in [-0.1, -0.05) is 75.4 Å². The van der Waals surface area contributed by atoms with Crippen molar-refractivity contribution in [2.45, 2.75) is 46.5 Å². The highest BCUT2D eigenvalue weighted by Crippen LogP contribution is 2.37. The van der Waals surface area contributed by atoms with E-state index >= 15 is 0 Å². The van der Waals surface area contributed by atoms with E-state index in [2.05, 4.69) is 45.0 Å². The normalized spacial score (nSPS) is 12.3. The third kappa shape index (κ3) is 4.54. The zero-order chi connectivity index (χ0) is 19.4. The van der Waals surface area contributed by atoms with E-state index in [1.807, 2.05) is 30.3 Å². The number of hydrogen-bond donors (Lipinski definition) is 0. The van der Waals surface area contributed by atoms with E-state index in [1.54, 1.807) is 18.3 Å². The number of hydrogen-bond acceptors (Lipinski definition) is 3. The highest BCUT2D eigenvalue weighted by atomic mass is 32.1. The Morgan fingerprint density at radius 1 is 1.04 bits per heavy atom. The molecule has 0 aliphatic heterocycles. The molecule has 1 atom stereocenters. The van der Waals surface area contributed by atoms with Crippen LogP contribution in [0.4, 0.5) is 0 Å². The molecule has 1 aromatic heterocycles. The van der Waals surface area contributed by atoms with Crippen LogP contribution in [0.5, 0.6) is 0 Å². The lowest BCUT2D eigenvalue weighted by molar-refractivity contribution is 0.101. The van der Waals surface area contributed by atoms with Crippen LogP contribution in [0.25, 0.3) is 10.4 Å². The molecule has 0 radical (unpaired) electrons. The van der Waals surface area contributed by atoms with Gasteiger partial charge < -0.3 is 0 Å². The molecule has 3 heteroatoms. The molecule has 1 unspecified atom stereocenters. The first-order valence-corrected chi connectivity index (χ1v) is 10.5. The number of carbonyl (C=O) groups is 1. The molecule has 1 heterocycles. The summed E-state index contributed by atoms with van der Waals surface area (Å²) in [6, 6.07) is 19.0. The Labute approximate surface area is 166 Å². The van der Waals surface area contributed by atoms with Crippen molar-refractivity contribution in [3.05, 3.63) is 76.4 Å². The molecule has 3 aromatic rings. The van der Waals surface area contributed by atoms with Crippen LogP contribution in [-0.2, 0) is 6.42 Å². The molecule has 0 spiro atoms. The Morgan fingerprint density at radius 2 is 1.70 bits per heavy atom. The molecule has 0 aliphatic rings. The van der Waals surface area contributed by atoms with Gasteiger partial charge in [-0.2, -0.15) is 0 Å². The minimum absolute atomic E-state index is 0.0264. The Kier molecular flexibility index (Phi) is 6.22. The van der Waals surface area contributed by atoms with Gasteiger partial charge in [0.1, 0.15) is 10.7 Å². The van der Waals surface area contributed by atoms with E-state index in [0.717, 1.165) is 28.3 Å². The summed E-state index contributed by atoms with van der Waals surface area (Å²) < 4.78 is 0. The second-order valence-electron chi connectivity index (χ2n) is 7.45. The fourth-order valence-electron chi connectivity index (χ4n) is 3.42. The van der Waals surface area contributed by atoms with Crippen LogP contribution in [0.3, 0.4) is 0 Å². The molecule has 0 bridgehead atoms. The SMILES string of the molecule is CCC(c1ccc(CC(C)C)cc1)c1nc(C(C)=O)c(-c2ccccc2)s1. The van der Waals surface area contributed by atoms with Crippen molar-refractivity contribution in [2.75, 3.05) is 0 Å². The molecule has 0 saturated carbocycles. The van der Waals surface area contributed by atoms with Crippen molar-refractivity contribution >= 4 is 17.1 Å². The van der Waals surface area contributed by atoms with E-state index in [4.69, 9.17) is 4.98 Å². The fourth-order valence-corrected chi connectivity index (χ4v) is 4.75.